The van der Waals surface area contributed by atoms with Crippen LogP contribution < -0.4 is 10.1 Å². The minimum atomic E-state index is 0.508. The van der Waals surface area contributed by atoms with E-state index in [0.29, 0.717) is 6.04 Å². The van der Waals surface area contributed by atoms with Gasteiger partial charge in [0, 0.05) is 43.2 Å². The van der Waals surface area contributed by atoms with Crippen LogP contribution in [0, 0.1) is 0 Å². The summed E-state index contributed by atoms with van der Waals surface area (Å²) in [4.78, 5) is 2.51. The van der Waals surface area contributed by atoms with Crippen LogP contribution >= 0.6 is 11.8 Å². The van der Waals surface area contributed by atoms with Crippen LogP contribution in [0.1, 0.15) is 26.3 Å². The van der Waals surface area contributed by atoms with Crippen LogP contribution in [0.25, 0.3) is 0 Å². The van der Waals surface area contributed by atoms with Gasteiger partial charge in [-0.3, -0.25) is 4.90 Å². The average Bonchev–Trinajstić information content (AvgIpc) is 2.46. The Morgan fingerprint density at radius 3 is 3.05 bits per heavy atom. The number of nitrogens with zero attached hydrogens (tertiary/aromatic N) is 1. The normalized spacial score (nSPS) is 19.9. The van der Waals surface area contributed by atoms with Crippen LogP contribution in [0.5, 0.6) is 5.75 Å². The second-order valence-corrected chi connectivity index (χ2v) is 7.56. The summed E-state index contributed by atoms with van der Waals surface area (Å²) < 4.78 is 5.92. The van der Waals surface area contributed by atoms with Gasteiger partial charge < -0.3 is 10.1 Å². The lowest BCUT2D eigenvalue weighted by Gasteiger charge is -2.30. The lowest BCUT2D eigenvalue weighted by atomic mass is 10.2. The molecular formula is C17H28N2OS. The number of thioether (sulfide) groups is 1. The van der Waals surface area contributed by atoms with Gasteiger partial charge in [-0.2, -0.15) is 11.8 Å². The summed E-state index contributed by atoms with van der Waals surface area (Å²) in [7, 11) is 0. The van der Waals surface area contributed by atoms with Gasteiger partial charge in [-0.1, -0.05) is 32.9 Å². The van der Waals surface area contributed by atoms with E-state index in [1.807, 2.05) is 6.07 Å². The monoisotopic (exact) mass is 308 g/mol. The number of hydrogen-bond acceptors (Lipinski definition) is 4. The highest BCUT2D eigenvalue weighted by molar-refractivity contribution is 7.99. The molecule has 0 radical (unpaired) electrons. The minimum absolute atomic E-state index is 0.508. The average molecular weight is 308 g/mol. The summed E-state index contributed by atoms with van der Waals surface area (Å²) in [5, 5.41) is 4.19. The number of nitrogens with one attached hydrogen (secondary N) is 1. The summed E-state index contributed by atoms with van der Waals surface area (Å²) in [5.41, 5.74) is 1.28. The van der Waals surface area contributed by atoms with Crippen molar-refractivity contribution in [3.8, 4) is 5.75 Å². The van der Waals surface area contributed by atoms with Crippen molar-refractivity contribution in [1.82, 2.24) is 10.2 Å². The fourth-order valence-corrected chi connectivity index (χ4v) is 3.54. The lowest BCUT2D eigenvalue weighted by molar-refractivity contribution is 0.215. The zero-order chi connectivity index (χ0) is 15.1. The maximum atomic E-state index is 5.92. The predicted molar refractivity (Wildman–Crippen MR) is 92.3 cm³/mol. The second kappa shape index (κ2) is 8.66. The fraction of sp³-hybridized carbons (Fsp3) is 0.647. The molecule has 1 aromatic rings. The highest BCUT2D eigenvalue weighted by Crippen LogP contribution is 2.18. The summed E-state index contributed by atoms with van der Waals surface area (Å²) in [5.74, 6) is 2.23. The van der Waals surface area contributed by atoms with Crippen molar-refractivity contribution in [2.45, 2.75) is 38.6 Å². The van der Waals surface area contributed by atoms with Gasteiger partial charge in [0.25, 0.3) is 0 Å². The molecule has 0 saturated carbocycles. The van der Waals surface area contributed by atoms with Crippen molar-refractivity contribution >= 4 is 11.8 Å². The molecule has 118 valence electrons. The van der Waals surface area contributed by atoms with Crippen molar-refractivity contribution in [2.75, 3.05) is 32.0 Å². The molecule has 2 rings (SSSR count). The Morgan fingerprint density at radius 2 is 2.29 bits per heavy atom. The molecule has 1 aromatic carbocycles. The molecular weight excluding hydrogens is 280 g/mol. The third kappa shape index (κ3) is 6.29. The van der Waals surface area contributed by atoms with E-state index in [2.05, 4.69) is 60.9 Å². The van der Waals surface area contributed by atoms with Crippen LogP contribution in [0.3, 0.4) is 0 Å². The maximum Gasteiger partial charge on any atom is 0.119 e. The Labute approximate surface area is 133 Å². The largest absolute Gasteiger partial charge is 0.492 e. The first-order valence-electron chi connectivity index (χ1n) is 7.92. The molecule has 1 heterocycles. The minimum Gasteiger partial charge on any atom is -0.492 e. The topological polar surface area (TPSA) is 24.5 Å². The molecule has 1 aliphatic rings. The third-order valence-electron chi connectivity index (χ3n) is 3.61. The summed E-state index contributed by atoms with van der Waals surface area (Å²) in [6.45, 7) is 11.7. The molecule has 4 heteroatoms. The summed E-state index contributed by atoms with van der Waals surface area (Å²) in [6.07, 6.45) is 0. The molecule has 0 bridgehead atoms. The van der Waals surface area contributed by atoms with Gasteiger partial charge in [-0.15, -0.1) is 0 Å². The first-order valence-corrected chi connectivity index (χ1v) is 8.97. The molecule has 1 N–H and O–H groups in total. The van der Waals surface area contributed by atoms with Crippen LogP contribution in [-0.2, 0) is 6.54 Å². The zero-order valence-electron chi connectivity index (χ0n) is 13.5. The fourth-order valence-electron chi connectivity index (χ4n) is 2.45. The van der Waals surface area contributed by atoms with Gasteiger partial charge in [0.05, 0.1) is 0 Å². The predicted octanol–water partition coefficient (Wildman–Crippen LogP) is 3.00. The Morgan fingerprint density at radius 1 is 1.43 bits per heavy atom. The number of hydrogen-bond donors (Lipinski definition) is 1. The quantitative estimate of drug-likeness (QED) is 0.837. The Hall–Kier alpha value is -0.710. The van der Waals surface area contributed by atoms with Crippen LogP contribution in [0.15, 0.2) is 24.3 Å². The second-order valence-electron chi connectivity index (χ2n) is 6.01. The highest BCUT2D eigenvalue weighted by Gasteiger charge is 2.16. The van der Waals surface area contributed by atoms with E-state index < -0.39 is 0 Å². The number of rotatable bonds is 7. The van der Waals surface area contributed by atoms with E-state index in [4.69, 9.17) is 4.74 Å². The van der Waals surface area contributed by atoms with Crippen molar-refractivity contribution in [3.05, 3.63) is 29.8 Å². The first kappa shape index (κ1) is 16.7. The molecule has 3 nitrogen and oxygen atoms in total. The molecule has 1 saturated heterocycles. The molecule has 0 aromatic heterocycles. The zero-order valence-corrected chi connectivity index (χ0v) is 14.3. The molecule has 1 unspecified atom stereocenters. The van der Waals surface area contributed by atoms with Gasteiger partial charge in [0.15, 0.2) is 0 Å². The van der Waals surface area contributed by atoms with E-state index in [1.165, 1.54) is 24.4 Å². The number of ether oxygens (including phenoxy) is 1. The van der Waals surface area contributed by atoms with E-state index in [9.17, 15) is 0 Å². The van der Waals surface area contributed by atoms with Crippen molar-refractivity contribution in [2.24, 2.45) is 0 Å². The first-order chi connectivity index (χ1) is 10.1. The SMILES string of the molecule is CC(C)NCc1cccc(OCCN2CCSC(C)C2)c1. The molecule has 1 atom stereocenters. The van der Waals surface area contributed by atoms with Gasteiger partial charge in [0.1, 0.15) is 12.4 Å². The molecule has 21 heavy (non-hydrogen) atoms. The van der Waals surface area contributed by atoms with Gasteiger partial charge in [-0.05, 0) is 17.7 Å². The highest BCUT2D eigenvalue weighted by atomic mass is 32.2. The molecule has 0 amide bonds. The molecule has 1 aliphatic heterocycles. The van der Waals surface area contributed by atoms with Crippen molar-refractivity contribution < 1.29 is 4.74 Å². The smallest absolute Gasteiger partial charge is 0.119 e. The van der Waals surface area contributed by atoms with E-state index in [-0.39, 0.29) is 0 Å². The van der Waals surface area contributed by atoms with Crippen LogP contribution in [-0.4, -0.2) is 48.2 Å². The molecule has 1 fully saturated rings. The van der Waals surface area contributed by atoms with Gasteiger partial charge in [0.2, 0.25) is 0 Å². The maximum absolute atomic E-state index is 5.92. The molecule has 0 aliphatic carbocycles. The van der Waals surface area contributed by atoms with Crippen LogP contribution in [0.4, 0.5) is 0 Å². The number of benzene rings is 1. The van der Waals surface area contributed by atoms with Gasteiger partial charge >= 0.3 is 0 Å². The van der Waals surface area contributed by atoms with E-state index in [0.717, 1.165) is 30.7 Å². The molecule has 0 spiro atoms. The Bertz CT molecular complexity index is 425. The van der Waals surface area contributed by atoms with E-state index >= 15 is 0 Å². The van der Waals surface area contributed by atoms with Crippen molar-refractivity contribution in [1.29, 1.82) is 0 Å². The summed E-state index contributed by atoms with van der Waals surface area (Å²) >= 11 is 2.07. The Balaban J connectivity index is 1.73. The summed E-state index contributed by atoms with van der Waals surface area (Å²) in [6, 6.07) is 8.92. The van der Waals surface area contributed by atoms with E-state index in [1.54, 1.807) is 0 Å². The standard InChI is InChI=1S/C17H28N2OS/c1-14(2)18-12-16-5-4-6-17(11-16)20-9-7-19-8-10-21-15(3)13-19/h4-6,11,14-15,18H,7-10,12-13H2,1-3H3. The third-order valence-corrected chi connectivity index (χ3v) is 4.75. The van der Waals surface area contributed by atoms with Gasteiger partial charge in [-0.25, -0.2) is 0 Å². The van der Waals surface area contributed by atoms with Crippen molar-refractivity contribution in [3.63, 3.8) is 0 Å². The lowest BCUT2D eigenvalue weighted by Crippen LogP contribution is -2.39. The Kier molecular flexibility index (Phi) is 6.87. The van der Waals surface area contributed by atoms with Crippen LogP contribution in [0.2, 0.25) is 0 Å².